The Morgan fingerprint density at radius 3 is 2.66 bits per heavy atom. The van der Waals surface area contributed by atoms with Crippen molar-refractivity contribution < 1.29 is 40.6 Å². The summed E-state index contributed by atoms with van der Waals surface area (Å²) in [5.74, 6) is -0.401. The van der Waals surface area contributed by atoms with Crippen molar-refractivity contribution in [2.24, 2.45) is 0 Å². The van der Waals surface area contributed by atoms with Crippen LogP contribution in [-0.2, 0) is 42.8 Å². The van der Waals surface area contributed by atoms with Crippen LogP contribution < -0.4 is 5.32 Å². The smallest absolute Gasteiger partial charge is 0.459 e. The number of carbonyl (C=O) groups excluding carboxylic acids is 3. The number of carbonyl (C=O) groups is 3. The van der Waals surface area contributed by atoms with Gasteiger partial charge in [0.2, 0.25) is 12.3 Å². The van der Waals surface area contributed by atoms with Gasteiger partial charge >= 0.3 is 21.1 Å². The molecule has 0 aliphatic carbocycles. The Kier molecular flexibility index (Phi) is 9.19. The van der Waals surface area contributed by atoms with Crippen LogP contribution in [0.2, 0.25) is 0 Å². The monoisotopic (exact) mass is 571 g/mol. The van der Waals surface area contributed by atoms with Gasteiger partial charge in [0.05, 0.1) is 5.60 Å². The Hall–Kier alpha value is -1.56. The number of benzene rings is 1. The van der Waals surface area contributed by atoms with E-state index in [9.17, 15) is 19.5 Å². The van der Waals surface area contributed by atoms with Gasteiger partial charge in [0.25, 0.3) is 5.91 Å². The predicted molar refractivity (Wildman–Crippen MR) is 106 cm³/mol. The molecule has 0 bridgehead atoms. The first-order valence-corrected chi connectivity index (χ1v) is 9.29. The van der Waals surface area contributed by atoms with E-state index in [4.69, 9.17) is 0 Å². The van der Waals surface area contributed by atoms with Gasteiger partial charge in [-0.25, -0.2) is 0 Å². The van der Waals surface area contributed by atoms with Crippen LogP contribution in [0, 0.1) is 14.5 Å². The van der Waals surface area contributed by atoms with Crippen LogP contribution in [-0.4, -0.2) is 52.3 Å². The average molecular weight is 571 g/mol. The minimum absolute atomic E-state index is 0. The van der Waals surface area contributed by atoms with E-state index >= 15 is 0 Å². The number of likely N-dealkylation sites (tertiary alicyclic amines) is 1. The molecule has 7 nitrogen and oxygen atoms in total. The van der Waals surface area contributed by atoms with E-state index in [1.165, 1.54) is 0 Å². The quantitative estimate of drug-likeness (QED) is 0.401. The molecule has 2 heterocycles. The van der Waals surface area contributed by atoms with Crippen LogP contribution in [0.5, 0.6) is 0 Å². The van der Waals surface area contributed by atoms with Crippen molar-refractivity contribution in [2.45, 2.75) is 50.8 Å². The molecule has 0 spiro atoms. The molecule has 3 rings (SSSR count). The third kappa shape index (κ3) is 5.53. The standard InChI is InChI=1S/C20H26N3O4.CH3.W/c1-14(3-6-18(25)21-13-24)23-12-15-11-16(4-5-17(15)19(23)26)20(27)7-9-22(2)10-8-20;;/h4-5,11,13-14,27H,2-3,6-10,12H2,1H3,(H,21,24,25);1H3;/q2*-1;+2. The van der Waals surface area contributed by atoms with E-state index in [-0.39, 0.29) is 52.8 Å². The molecule has 0 saturated carbocycles. The van der Waals surface area contributed by atoms with Gasteiger partial charge in [-0.3, -0.25) is 26.7 Å². The molecule has 8 heteroatoms. The summed E-state index contributed by atoms with van der Waals surface area (Å²) < 4.78 is 0. The molecule has 1 aromatic rings. The van der Waals surface area contributed by atoms with Crippen molar-refractivity contribution >= 4 is 18.2 Å². The van der Waals surface area contributed by atoms with Crippen LogP contribution in [0.1, 0.15) is 54.1 Å². The van der Waals surface area contributed by atoms with E-state index in [1.807, 2.05) is 24.0 Å². The Morgan fingerprint density at radius 1 is 1.38 bits per heavy atom. The molecule has 1 saturated heterocycles. The van der Waals surface area contributed by atoms with Crippen molar-refractivity contribution in [1.29, 1.82) is 0 Å². The second-order valence-electron chi connectivity index (χ2n) is 7.53. The van der Waals surface area contributed by atoms with Crippen molar-refractivity contribution in [3.8, 4) is 0 Å². The van der Waals surface area contributed by atoms with Crippen LogP contribution in [0.25, 0.3) is 0 Å². The molecule has 2 aliphatic rings. The molecule has 1 aromatic carbocycles. The topological polar surface area (TPSA) is 89.9 Å². The number of hydrogen-bond donors (Lipinski definition) is 2. The van der Waals surface area contributed by atoms with Gasteiger partial charge in [0.15, 0.2) is 0 Å². The molecule has 1 atom stereocenters. The van der Waals surface area contributed by atoms with Gasteiger partial charge in [-0.15, -0.1) is 0 Å². The fourth-order valence-electron chi connectivity index (χ4n) is 3.83. The SMILES string of the molecule is [CH2-]N1CCC(O)(c2ccc3c(c2)CN(C(C)CCC(=O)NC=O)C3=O)CC1.[CH3-].[W+2]. The third-order valence-electron chi connectivity index (χ3n) is 5.70. The molecule has 0 radical (unpaired) electrons. The van der Waals surface area contributed by atoms with Gasteiger partial charge in [0, 0.05) is 24.6 Å². The number of imide groups is 1. The number of rotatable bonds is 6. The van der Waals surface area contributed by atoms with Crippen LogP contribution in [0.3, 0.4) is 0 Å². The molecular weight excluding hydrogens is 542 g/mol. The zero-order valence-electron chi connectivity index (χ0n) is 17.0. The average Bonchev–Trinajstić information content (AvgIpc) is 2.99. The molecule has 1 fully saturated rings. The second-order valence-corrected chi connectivity index (χ2v) is 7.53. The summed E-state index contributed by atoms with van der Waals surface area (Å²) >= 11 is 0. The molecule has 2 N–H and O–H groups in total. The first kappa shape index (κ1) is 25.5. The Balaban J connectivity index is 0.00000210. The number of nitrogens with zero attached hydrogens (tertiary/aromatic N) is 2. The minimum atomic E-state index is -0.877. The Bertz CT molecular complexity index is 747. The summed E-state index contributed by atoms with van der Waals surface area (Å²) in [6.45, 7) is 3.84. The van der Waals surface area contributed by atoms with E-state index in [2.05, 4.69) is 12.4 Å². The summed E-state index contributed by atoms with van der Waals surface area (Å²) in [4.78, 5) is 38.2. The molecular formula is C21H29N3O4W. The van der Waals surface area contributed by atoms with Crippen LogP contribution in [0.15, 0.2) is 18.2 Å². The summed E-state index contributed by atoms with van der Waals surface area (Å²) in [5.41, 5.74) is 1.54. The number of aliphatic hydroxyl groups is 1. The summed E-state index contributed by atoms with van der Waals surface area (Å²) in [6.07, 6.45) is 2.28. The zero-order valence-corrected chi connectivity index (χ0v) is 20.0. The normalized spacial score (nSPS) is 18.9. The molecule has 29 heavy (non-hydrogen) atoms. The van der Waals surface area contributed by atoms with Gasteiger partial charge < -0.3 is 22.3 Å². The number of amides is 3. The van der Waals surface area contributed by atoms with E-state index in [0.29, 0.717) is 37.8 Å². The summed E-state index contributed by atoms with van der Waals surface area (Å²) in [5, 5.41) is 13.1. The van der Waals surface area contributed by atoms with E-state index < -0.39 is 5.60 Å². The van der Waals surface area contributed by atoms with Gasteiger partial charge in [-0.2, -0.15) is 0 Å². The van der Waals surface area contributed by atoms with Crippen LogP contribution >= 0.6 is 0 Å². The summed E-state index contributed by atoms with van der Waals surface area (Å²) in [6, 6.07) is 5.47. The van der Waals surface area contributed by atoms with Crippen molar-refractivity contribution in [1.82, 2.24) is 15.1 Å². The van der Waals surface area contributed by atoms with E-state index in [0.717, 1.165) is 24.2 Å². The predicted octanol–water partition coefficient (Wildman–Crippen LogP) is 1.61. The number of fused-ring (bicyclic) bond motifs is 1. The van der Waals surface area contributed by atoms with Crippen molar-refractivity contribution in [2.75, 3.05) is 13.1 Å². The maximum Gasteiger partial charge on any atom is 2.00 e. The van der Waals surface area contributed by atoms with Gasteiger partial charge in [0.1, 0.15) is 0 Å². The fraction of sp³-hybridized carbons (Fsp3) is 0.476. The fourth-order valence-corrected chi connectivity index (χ4v) is 3.83. The largest absolute Gasteiger partial charge is 2.00 e. The number of hydrogen-bond acceptors (Lipinski definition) is 5. The summed E-state index contributed by atoms with van der Waals surface area (Å²) in [7, 11) is 3.92. The first-order chi connectivity index (χ1) is 12.8. The van der Waals surface area contributed by atoms with Gasteiger partial charge in [-0.05, 0) is 56.5 Å². The Morgan fingerprint density at radius 2 is 2.03 bits per heavy atom. The first-order valence-electron chi connectivity index (χ1n) is 9.29. The Labute approximate surface area is 187 Å². The van der Waals surface area contributed by atoms with Crippen molar-refractivity contribution in [3.05, 3.63) is 49.4 Å². The molecule has 3 amide bonds. The van der Waals surface area contributed by atoms with Crippen LogP contribution in [0.4, 0.5) is 0 Å². The molecule has 1 unspecified atom stereocenters. The number of nitrogens with one attached hydrogen (secondary N) is 1. The van der Waals surface area contributed by atoms with E-state index in [1.54, 1.807) is 11.0 Å². The second kappa shape index (κ2) is 10.5. The van der Waals surface area contributed by atoms with Gasteiger partial charge in [-0.1, -0.05) is 12.1 Å². The zero-order chi connectivity index (χ0) is 19.6. The van der Waals surface area contributed by atoms with Crippen molar-refractivity contribution in [3.63, 3.8) is 0 Å². The maximum absolute atomic E-state index is 12.7. The molecule has 0 aromatic heterocycles. The third-order valence-corrected chi connectivity index (χ3v) is 5.70. The number of piperidine rings is 1. The molecule has 158 valence electrons. The minimum Gasteiger partial charge on any atom is -0.459 e. The molecule has 2 aliphatic heterocycles. The maximum atomic E-state index is 12.7.